The molecule has 2 N–H and O–H groups in total. The number of carbonyl (C=O) groups is 1. The Balaban J connectivity index is 2.45. The lowest BCUT2D eigenvalue weighted by Gasteiger charge is -2.38. The molecular weight excluding hydrogens is 437 g/mol. The molecule has 1 aliphatic heterocycles. The van der Waals surface area contributed by atoms with Crippen molar-refractivity contribution in [2.45, 2.75) is 38.5 Å². The van der Waals surface area contributed by atoms with Crippen LogP contribution in [0.1, 0.15) is 30.5 Å². The van der Waals surface area contributed by atoms with Crippen LogP contribution in [0.3, 0.4) is 0 Å². The standard InChI is InChI=1S/C21H20F5N3O3/c1-11-12(20(22,23)21(24,25)26)8-9-13-15(11)16(29-10-6-5-7-14(29)30)17(19(2,3)32-13)28-18(31)27-4/h5-10H,1-4H3,(H2,27,28,31). The second kappa shape index (κ2) is 7.64. The molecule has 0 unspecified atom stereocenters. The Hall–Kier alpha value is -3.37. The normalized spacial score (nSPS) is 15.7. The highest BCUT2D eigenvalue weighted by Crippen LogP contribution is 2.49. The van der Waals surface area contributed by atoms with E-state index in [1.807, 2.05) is 0 Å². The van der Waals surface area contributed by atoms with E-state index in [1.54, 1.807) is 13.8 Å². The Bertz CT molecular complexity index is 1170. The van der Waals surface area contributed by atoms with Crippen LogP contribution < -0.4 is 20.9 Å². The lowest BCUT2D eigenvalue weighted by atomic mass is 9.88. The van der Waals surface area contributed by atoms with Crippen LogP contribution in [-0.2, 0) is 5.92 Å². The molecule has 0 fully saturated rings. The number of aromatic nitrogens is 1. The van der Waals surface area contributed by atoms with Gasteiger partial charge in [-0.1, -0.05) is 6.07 Å². The molecule has 0 bridgehead atoms. The maximum Gasteiger partial charge on any atom is 0.458 e. The number of rotatable bonds is 3. The van der Waals surface area contributed by atoms with Crippen molar-refractivity contribution in [2.75, 3.05) is 7.05 Å². The Morgan fingerprint density at radius 3 is 2.31 bits per heavy atom. The van der Waals surface area contributed by atoms with Gasteiger partial charge in [-0.2, -0.15) is 22.0 Å². The van der Waals surface area contributed by atoms with E-state index < -0.39 is 40.4 Å². The van der Waals surface area contributed by atoms with Crippen molar-refractivity contribution in [3.63, 3.8) is 0 Å². The summed E-state index contributed by atoms with van der Waals surface area (Å²) in [5.74, 6) is -5.16. The molecule has 1 aromatic carbocycles. The molecule has 1 aliphatic rings. The highest BCUT2D eigenvalue weighted by Gasteiger charge is 2.59. The first kappa shape index (κ1) is 23.3. The van der Waals surface area contributed by atoms with Crippen molar-refractivity contribution in [1.29, 1.82) is 0 Å². The largest absolute Gasteiger partial charge is 0.481 e. The summed E-state index contributed by atoms with van der Waals surface area (Å²) in [5.41, 5.74) is -3.81. The Morgan fingerprint density at radius 2 is 1.75 bits per heavy atom. The number of fused-ring (bicyclic) bond motifs is 1. The Labute approximate surface area is 179 Å². The molecule has 0 saturated carbocycles. The minimum atomic E-state index is -5.84. The molecule has 0 spiro atoms. The van der Waals surface area contributed by atoms with Gasteiger partial charge < -0.3 is 15.4 Å². The SMILES string of the molecule is CNC(=O)NC1=C(n2ccccc2=O)c2c(ccc(C(F)(F)C(F)(F)F)c2C)OC1(C)C. The second-order valence-corrected chi connectivity index (χ2v) is 7.63. The number of ether oxygens (including phenoxy) is 1. The van der Waals surface area contributed by atoms with Crippen LogP contribution in [0.5, 0.6) is 5.75 Å². The van der Waals surface area contributed by atoms with Crippen LogP contribution >= 0.6 is 0 Å². The third-order valence-corrected chi connectivity index (χ3v) is 5.09. The third kappa shape index (κ3) is 3.71. The number of alkyl halides is 5. The molecule has 0 aliphatic carbocycles. The number of carbonyl (C=O) groups excluding carboxylic acids is 1. The van der Waals surface area contributed by atoms with E-state index >= 15 is 0 Å². The fourth-order valence-corrected chi connectivity index (χ4v) is 3.53. The number of hydrogen-bond donors (Lipinski definition) is 2. The zero-order valence-corrected chi connectivity index (χ0v) is 17.5. The van der Waals surface area contributed by atoms with Gasteiger partial charge in [0.25, 0.3) is 5.56 Å². The van der Waals surface area contributed by atoms with Gasteiger partial charge in [0.15, 0.2) is 0 Å². The van der Waals surface area contributed by atoms with Crippen molar-refractivity contribution >= 4 is 11.7 Å². The van der Waals surface area contributed by atoms with Crippen molar-refractivity contribution in [2.24, 2.45) is 0 Å². The number of benzene rings is 1. The van der Waals surface area contributed by atoms with Gasteiger partial charge in [-0.15, -0.1) is 0 Å². The molecular formula is C21H20F5N3O3. The number of nitrogens with one attached hydrogen (secondary N) is 2. The zero-order valence-electron chi connectivity index (χ0n) is 17.5. The van der Waals surface area contributed by atoms with Crippen molar-refractivity contribution in [1.82, 2.24) is 15.2 Å². The second-order valence-electron chi connectivity index (χ2n) is 7.63. The minimum absolute atomic E-state index is 0.00762. The van der Waals surface area contributed by atoms with Gasteiger partial charge in [0.1, 0.15) is 11.4 Å². The van der Waals surface area contributed by atoms with E-state index in [0.29, 0.717) is 6.07 Å². The highest BCUT2D eigenvalue weighted by atomic mass is 19.4. The van der Waals surface area contributed by atoms with Gasteiger partial charge in [-0.3, -0.25) is 9.36 Å². The molecule has 0 saturated heterocycles. The van der Waals surface area contributed by atoms with Gasteiger partial charge in [-0.25, -0.2) is 4.79 Å². The minimum Gasteiger partial charge on any atom is -0.481 e. The maximum absolute atomic E-state index is 14.3. The number of pyridine rings is 1. The van der Waals surface area contributed by atoms with E-state index in [1.165, 1.54) is 31.4 Å². The monoisotopic (exact) mass is 457 g/mol. The summed E-state index contributed by atoms with van der Waals surface area (Å²) in [6.45, 7) is 4.20. The van der Waals surface area contributed by atoms with Crippen molar-refractivity contribution in [3.8, 4) is 5.75 Å². The summed E-state index contributed by atoms with van der Waals surface area (Å²) in [7, 11) is 1.34. The molecule has 11 heteroatoms. The van der Waals surface area contributed by atoms with Gasteiger partial charge >= 0.3 is 18.1 Å². The number of hydrogen-bond acceptors (Lipinski definition) is 3. The number of halogens is 5. The maximum atomic E-state index is 14.3. The molecule has 0 radical (unpaired) electrons. The van der Waals surface area contributed by atoms with E-state index in [2.05, 4.69) is 10.6 Å². The number of amides is 2. The van der Waals surface area contributed by atoms with E-state index in [4.69, 9.17) is 4.74 Å². The lowest BCUT2D eigenvalue weighted by molar-refractivity contribution is -0.289. The molecule has 32 heavy (non-hydrogen) atoms. The zero-order chi connectivity index (χ0) is 24.1. The average molecular weight is 457 g/mol. The third-order valence-electron chi connectivity index (χ3n) is 5.09. The molecule has 3 rings (SSSR count). The average Bonchev–Trinajstić information content (AvgIpc) is 2.68. The topological polar surface area (TPSA) is 72.4 Å². The fourth-order valence-electron chi connectivity index (χ4n) is 3.53. The van der Waals surface area contributed by atoms with Gasteiger partial charge in [0.05, 0.1) is 11.4 Å². The van der Waals surface area contributed by atoms with E-state index in [-0.39, 0.29) is 22.7 Å². The Morgan fingerprint density at radius 1 is 1.09 bits per heavy atom. The van der Waals surface area contributed by atoms with Crippen LogP contribution in [0.15, 0.2) is 47.0 Å². The first-order chi connectivity index (χ1) is 14.7. The summed E-state index contributed by atoms with van der Waals surface area (Å²) in [6, 6.07) is 5.08. The Kier molecular flexibility index (Phi) is 5.56. The fraction of sp³-hybridized carbons (Fsp3) is 0.333. The predicted molar refractivity (Wildman–Crippen MR) is 106 cm³/mol. The smallest absolute Gasteiger partial charge is 0.458 e. The van der Waals surface area contributed by atoms with Crippen LogP contribution in [0.2, 0.25) is 0 Å². The van der Waals surface area contributed by atoms with Gasteiger partial charge in [0, 0.05) is 30.4 Å². The molecule has 6 nitrogen and oxygen atoms in total. The molecule has 172 valence electrons. The van der Waals surface area contributed by atoms with Crippen molar-refractivity contribution in [3.05, 3.63) is 69.3 Å². The molecule has 2 heterocycles. The molecule has 2 aromatic rings. The predicted octanol–water partition coefficient (Wildman–Crippen LogP) is 4.13. The number of nitrogens with zero attached hydrogens (tertiary/aromatic N) is 1. The molecule has 2 amide bonds. The first-order valence-electron chi connectivity index (χ1n) is 9.42. The summed E-state index contributed by atoms with van der Waals surface area (Å²) in [6.07, 6.45) is -4.51. The highest BCUT2D eigenvalue weighted by molar-refractivity contribution is 5.84. The van der Waals surface area contributed by atoms with Crippen molar-refractivity contribution < 1.29 is 31.5 Å². The van der Waals surface area contributed by atoms with E-state index in [9.17, 15) is 31.5 Å². The van der Waals surface area contributed by atoms with E-state index in [0.717, 1.165) is 17.6 Å². The lowest BCUT2D eigenvalue weighted by Crippen LogP contribution is -2.47. The summed E-state index contributed by atoms with van der Waals surface area (Å²) >= 11 is 0. The molecule has 0 atom stereocenters. The summed E-state index contributed by atoms with van der Waals surface area (Å²) < 4.78 is 74.9. The summed E-state index contributed by atoms with van der Waals surface area (Å²) in [5, 5.41) is 4.86. The molecule has 1 aromatic heterocycles. The van der Waals surface area contributed by atoms with Crippen LogP contribution in [0.25, 0.3) is 5.70 Å². The van der Waals surface area contributed by atoms with Crippen LogP contribution in [0, 0.1) is 6.92 Å². The quantitative estimate of drug-likeness (QED) is 0.681. The number of urea groups is 1. The summed E-state index contributed by atoms with van der Waals surface area (Å²) in [4.78, 5) is 24.7. The van der Waals surface area contributed by atoms with Gasteiger partial charge in [-0.05, 0) is 44.5 Å². The van der Waals surface area contributed by atoms with Gasteiger partial charge in [0.2, 0.25) is 0 Å². The van der Waals surface area contributed by atoms with Crippen LogP contribution in [-0.4, -0.2) is 29.4 Å². The first-order valence-corrected chi connectivity index (χ1v) is 9.42. The van der Waals surface area contributed by atoms with Crippen LogP contribution in [0.4, 0.5) is 26.7 Å².